The van der Waals surface area contributed by atoms with E-state index in [1.54, 1.807) is 0 Å². The van der Waals surface area contributed by atoms with E-state index in [9.17, 15) is 4.79 Å². The molecule has 0 aliphatic carbocycles. The Morgan fingerprint density at radius 2 is 2.19 bits per heavy atom. The number of hydrogen-bond donors (Lipinski definition) is 1. The number of carbonyl (C=O) groups is 1. The first-order valence-corrected chi connectivity index (χ1v) is 5.90. The van der Waals surface area contributed by atoms with Gasteiger partial charge in [0.2, 0.25) is 0 Å². The van der Waals surface area contributed by atoms with Crippen LogP contribution < -0.4 is 0 Å². The number of halogens is 1. The second-order valence-electron chi connectivity index (χ2n) is 3.65. The van der Waals surface area contributed by atoms with Crippen molar-refractivity contribution in [2.24, 2.45) is 0 Å². The summed E-state index contributed by atoms with van der Waals surface area (Å²) >= 11 is 3.41. The molecule has 84 valence electrons. The highest BCUT2D eigenvalue weighted by Crippen LogP contribution is 2.24. The molecule has 2 aromatic rings. The smallest absolute Gasteiger partial charge is 0.309 e. The highest BCUT2D eigenvalue weighted by Gasteiger charge is 2.10. The Kier molecular flexibility index (Phi) is 3.01. The lowest BCUT2D eigenvalue weighted by atomic mass is 10.2. The normalized spacial score (nSPS) is 10.9. The summed E-state index contributed by atoms with van der Waals surface area (Å²) in [6.07, 6.45) is 0.0696. The summed E-state index contributed by atoms with van der Waals surface area (Å²) in [7, 11) is 0. The van der Waals surface area contributed by atoms with Gasteiger partial charge in [-0.25, -0.2) is 0 Å². The van der Waals surface area contributed by atoms with Crippen LogP contribution in [-0.2, 0) is 17.8 Å². The van der Waals surface area contributed by atoms with Gasteiger partial charge in [-0.15, -0.1) is 0 Å². The number of hydrogen-bond acceptors (Lipinski definition) is 1. The topological polar surface area (TPSA) is 42.2 Å². The van der Waals surface area contributed by atoms with Crippen molar-refractivity contribution in [1.29, 1.82) is 0 Å². The lowest BCUT2D eigenvalue weighted by Crippen LogP contribution is -2.06. The molecule has 16 heavy (non-hydrogen) atoms. The van der Waals surface area contributed by atoms with E-state index in [1.165, 1.54) is 0 Å². The molecule has 0 fully saturated rings. The van der Waals surface area contributed by atoms with E-state index in [2.05, 4.69) is 15.9 Å². The molecule has 0 saturated heterocycles. The van der Waals surface area contributed by atoms with Gasteiger partial charge < -0.3 is 9.67 Å². The minimum atomic E-state index is -0.795. The molecular weight excluding hydrogens is 270 g/mol. The molecule has 1 aromatic heterocycles. The van der Waals surface area contributed by atoms with Crippen LogP contribution in [-0.4, -0.2) is 15.6 Å². The fourth-order valence-electron chi connectivity index (χ4n) is 1.97. The highest BCUT2D eigenvalue weighted by atomic mass is 79.9. The average molecular weight is 282 g/mol. The Labute approximate surface area is 102 Å². The first kappa shape index (κ1) is 11.2. The Hall–Kier alpha value is -1.29. The van der Waals surface area contributed by atoms with Crippen molar-refractivity contribution < 1.29 is 9.90 Å². The zero-order valence-electron chi connectivity index (χ0n) is 8.90. The number of benzene rings is 1. The predicted molar refractivity (Wildman–Crippen MR) is 66.7 cm³/mol. The molecule has 0 radical (unpaired) electrons. The number of carboxylic acids is 1. The third-order valence-electron chi connectivity index (χ3n) is 2.60. The van der Waals surface area contributed by atoms with Crippen molar-refractivity contribution in [3.63, 3.8) is 0 Å². The second kappa shape index (κ2) is 4.29. The summed E-state index contributed by atoms with van der Waals surface area (Å²) < 4.78 is 3.05. The summed E-state index contributed by atoms with van der Waals surface area (Å²) in [6.45, 7) is 2.81. The van der Waals surface area contributed by atoms with Gasteiger partial charge in [-0.05, 0) is 31.2 Å². The highest BCUT2D eigenvalue weighted by molar-refractivity contribution is 9.10. The van der Waals surface area contributed by atoms with Crippen molar-refractivity contribution in [2.45, 2.75) is 19.9 Å². The van der Waals surface area contributed by atoms with Gasteiger partial charge in [-0.2, -0.15) is 0 Å². The summed E-state index contributed by atoms with van der Waals surface area (Å²) in [4.78, 5) is 10.8. The molecule has 3 nitrogen and oxygen atoms in total. The molecule has 1 N–H and O–H groups in total. The summed E-state index contributed by atoms with van der Waals surface area (Å²) in [5.41, 5.74) is 1.94. The van der Waals surface area contributed by atoms with Gasteiger partial charge >= 0.3 is 5.97 Å². The van der Waals surface area contributed by atoms with E-state index in [-0.39, 0.29) is 6.42 Å². The van der Waals surface area contributed by atoms with Crippen LogP contribution in [0.15, 0.2) is 28.7 Å². The molecule has 0 aliphatic rings. The van der Waals surface area contributed by atoms with E-state index in [0.29, 0.717) is 0 Å². The fraction of sp³-hybridized carbons (Fsp3) is 0.250. The lowest BCUT2D eigenvalue weighted by Gasteiger charge is -2.05. The number of aromatic nitrogens is 1. The number of aliphatic carboxylic acids is 1. The Morgan fingerprint density at radius 3 is 2.81 bits per heavy atom. The zero-order chi connectivity index (χ0) is 11.7. The van der Waals surface area contributed by atoms with E-state index < -0.39 is 5.97 Å². The molecule has 0 spiro atoms. The Balaban J connectivity index is 2.61. The number of fused-ring (bicyclic) bond motifs is 1. The van der Waals surface area contributed by atoms with Gasteiger partial charge in [-0.3, -0.25) is 4.79 Å². The van der Waals surface area contributed by atoms with Crippen LogP contribution in [0.2, 0.25) is 0 Å². The Morgan fingerprint density at radius 1 is 1.44 bits per heavy atom. The standard InChI is InChI=1S/C12H12BrNO2/c1-2-14-10(7-12(15)16)6-8-5-9(13)3-4-11(8)14/h3-6H,2,7H2,1H3,(H,15,16). The third-order valence-corrected chi connectivity index (χ3v) is 3.09. The largest absolute Gasteiger partial charge is 0.481 e. The Bertz CT molecular complexity index is 545. The minimum absolute atomic E-state index is 0.0696. The fourth-order valence-corrected chi connectivity index (χ4v) is 2.35. The van der Waals surface area contributed by atoms with Gasteiger partial charge in [0.25, 0.3) is 0 Å². The maximum Gasteiger partial charge on any atom is 0.309 e. The SMILES string of the molecule is CCn1c(CC(=O)O)cc2cc(Br)ccc21. The molecule has 0 amide bonds. The predicted octanol–water partition coefficient (Wildman–Crippen LogP) is 3.05. The van der Waals surface area contributed by atoms with Crippen LogP contribution in [0.1, 0.15) is 12.6 Å². The van der Waals surface area contributed by atoms with Gasteiger partial charge in [-0.1, -0.05) is 15.9 Å². The van der Waals surface area contributed by atoms with Crippen LogP contribution in [0.25, 0.3) is 10.9 Å². The number of rotatable bonds is 3. The maximum absolute atomic E-state index is 10.8. The first-order chi connectivity index (χ1) is 7.61. The van der Waals surface area contributed by atoms with Crippen LogP contribution in [0.3, 0.4) is 0 Å². The molecule has 0 saturated carbocycles. The third kappa shape index (κ3) is 1.97. The van der Waals surface area contributed by atoms with Crippen molar-refractivity contribution in [2.75, 3.05) is 0 Å². The van der Waals surface area contributed by atoms with E-state index in [4.69, 9.17) is 5.11 Å². The molecule has 0 bridgehead atoms. The summed E-state index contributed by atoms with van der Waals surface area (Å²) in [6, 6.07) is 7.93. The molecule has 4 heteroatoms. The van der Waals surface area contributed by atoms with Crippen LogP contribution in [0.4, 0.5) is 0 Å². The van der Waals surface area contributed by atoms with Crippen LogP contribution >= 0.6 is 15.9 Å². The van der Waals surface area contributed by atoms with E-state index >= 15 is 0 Å². The van der Waals surface area contributed by atoms with Crippen LogP contribution in [0, 0.1) is 0 Å². The van der Waals surface area contributed by atoms with Crippen LogP contribution in [0.5, 0.6) is 0 Å². The van der Waals surface area contributed by atoms with Crippen molar-refractivity contribution in [1.82, 2.24) is 4.57 Å². The van der Waals surface area contributed by atoms with E-state index in [1.807, 2.05) is 35.8 Å². The number of nitrogens with zero attached hydrogens (tertiary/aromatic N) is 1. The van der Waals surface area contributed by atoms with Gasteiger partial charge in [0, 0.05) is 27.6 Å². The van der Waals surface area contributed by atoms with Crippen molar-refractivity contribution in [3.05, 3.63) is 34.4 Å². The van der Waals surface area contributed by atoms with Gasteiger partial charge in [0.1, 0.15) is 0 Å². The monoisotopic (exact) mass is 281 g/mol. The molecular formula is C12H12BrNO2. The first-order valence-electron chi connectivity index (χ1n) is 5.11. The number of aryl methyl sites for hydroxylation is 1. The lowest BCUT2D eigenvalue weighted by molar-refractivity contribution is -0.136. The average Bonchev–Trinajstić information content (AvgIpc) is 2.52. The molecule has 1 heterocycles. The van der Waals surface area contributed by atoms with E-state index in [0.717, 1.165) is 27.6 Å². The molecule has 2 rings (SSSR count). The minimum Gasteiger partial charge on any atom is -0.481 e. The molecule has 1 aromatic carbocycles. The van der Waals surface area contributed by atoms with Gasteiger partial charge in [0.15, 0.2) is 0 Å². The molecule has 0 aliphatic heterocycles. The quantitative estimate of drug-likeness (QED) is 0.940. The van der Waals surface area contributed by atoms with Crippen molar-refractivity contribution in [3.8, 4) is 0 Å². The molecule has 0 atom stereocenters. The molecule has 0 unspecified atom stereocenters. The number of carboxylic acid groups (broad SMARTS) is 1. The second-order valence-corrected chi connectivity index (χ2v) is 4.57. The van der Waals surface area contributed by atoms with Gasteiger partial charge in [0.05, 0.1) is 6.42 Å². The van der Waals surface area contributed by atoms with Crippen molar-refractivity contribution >= 4 is 32.8 Å². The summed E-state index contributed by atoms with van der Waals surface area (Å²) in [5.74, 6) is -0.795. The maximum atomic E-state index is 10.8. The summed E-state index contributed by atoms with van der Waals surface area (Å²) in [5, 5.41) is 9.92. The zero-order valence-corrected chi connectivity index (χ0v) is 10.5.